The molecule has 2 aromatic rings. The van der Waals surface area contributed by atoms with Crippen LogP contribution in [0.2, 0.25) is 5.02 Å². The Morgan fingerprint density at radius 2 is 1.79 bits per heavy atom. The molecule has 1 aliphatic heterocycles. The fourth-order valence-corrected chi connectivity index (χ4v) is 6.51. The quantitative estimate of drug-likeness (QED) is 0.358. The van der Waals surface area contributed by atoms with E-state index in [1.54, 1.807) is 12.1 Å². The molecule has 2 atom stereocenters. The maximum absolute atomic E-state index is 13.8. The van der Waals surface area contributed by atoms with E-state index in [9.17, 15) is 14.7 Å². The van der Waals surface area contributed by atoms with Gasteiger partial charge in [-0.3, -0.25) is 4.79 Å². The van der Waals surface area contributed by atoms with Gasteiger partial charge < -0.3 is 19.9 Å². The lowest BCUT2D eigenvalue weighted by atomic mass is 9.71. The number of carbonyl (C=O) groups excluding carboxylic acids is 2. The minimum atomic E-state index is -0.646. The van der Waals surface area contributed by atoms with Crippen LogP contribution in [-0.4, -0.2) is 30.1 Å². The number of rotatable bonds is 5. The van der Waals surface area contributed by atoms with Gasteiger partial charge in [-0.2, -0.15) is 0 Å². The van der Waals surface area contributed by atoms with E-state index in [1.807, 2.05) is 31.2 Å². The van der Waals surface area contributed by atoms with Gasteiger partial charge in [0.2, 0.25) is 0 Å². The molecule has 1 heterocycles. The third-order valence-electron chi connectivity index (χ3n) is 7.82. The van der Waals surface area contributed by atoms with Gasteiger partial charge in [-0.1, -0.05) is 30.2 Å². The van der Waals surface area contributed by atoms with Gasteiger partial charge >= 0.3 is 5.97 Å². The van der Waals surface area contributed by atoms with Gasteiger partial charge in [-0.25, -0.2) is 4.79 Å². The number of Topliss-reactive ketones (excluding diaryl/α,β-unsaturated/α-hetero) is 1. The SMILES string of the molecule is COc1cc([C@@H]2C(C(=O)OC3CCCCC3)=C(C)NC3=C2C(=O)C[C@@H](c2ccc(Cl)cc2)C3)cc(Br)c1O. The number of hydrogen-bond donors (Lipinski definition) is 2. The Bertz CT molecular complexity index is 1330. The van der Waals surface area contributed by atoms with E-state index in [2.05, 4.69) is 21.2 Å². The number of aromatic hydroxyl groups is 1. The molecule has 1 saturated carbocycles. The van der Waals surface area contributed by atoms with Gasteiger partial charge in [0.15, 0.2) is 17.3 Å². The molecule has 2 aromatic carbocycles. The number of carbonyl (C=O) groups is 2. The Morgan fingerprint density at radius 3 is 2.47 bits per heavy atom. The molecule has 0 bridgehead atoms. The first-order chi connectivity index (χ1) is 18.3. The summed E-state index contributed by atoms with van der Waals surface area (Å²) < 4.78 is 11.8. The minimum absolute atomic E-state index is 0.00343. The highest BCUT2D eigenvalue weighted by molar-refractivity contribution is 9.10. The van der Waals surface area contributed by atoms with Crippen molar-refractivity contribution in [3.05, 3.63) is 79.6 Å². The number of ether oxygens (including phenoxy) is 2. The van der Waals surface area contributed by atoms with Gasteiger partial charge in [0.05, 0.1) is 17.2 Å². The summed E-state index contributed by atoms with van der Waals surface area (Å²) in [5, 5.41) is 14.5. The van der Waals surface area contributed by atoms with Gasteiger partial charge in [0.1, 0.15) is 6.10 Å². The van der Waals surface area contributed by atoms with Crippen molar-refractivity contribution in [2.75, 3.05) is 7.11 Å². The van der Waals surface area contributed by atoms with Gasteiger partial charge in [-0.15, -0.1) is 0 Å². The topological polar surface area (TPSA) is 84.9 Å². The lowest BCUT2D eigenvalue weighted by Crippen LogP contribution is -2.37. The van der Waals surface area contributed by atoms with Gasteiger partial charge in [-0.05, 0) is 96.3 Å². The smallest absolute Gasteiger partial charge is 0.337 e. The second kappa shape index (κ2) is 11.1. The molecule has 0 saturated heterocycles. The molecule has 0 radical (unpaired) electrons. The van der Waals surface area contributed by atoms with Crippen molar-refractivity contribution < 1.29 is 24.2 Å². The Balaban J connectivity index is 1.58. The first-order valence-electron chi connectivity index (χ1n) is 13.0. The molecular weight excluding hydrogens is 570 g/mol. The summed E-state index contributed by atoms with van der Waals surface area (Å²) in [6, 6.07) is 11.0. The molecule has 200 valence electrons. The van der Waals surface area contributed by atoms with Crippen LogP contribution < -0.4 is 10.1 Å². The molecular formula is C30H31BrClNO5. The molecule has 2 N–H and O–H groups in total. The number of phenolic OH excluding ortho intramolecular Hbond substituents is 1. The van der Waals surface area contributed by atoms with Crippen molar-refractivity contribution in [3.63, 3.8) is 0 Å². The number of benzene rings is 2. The van der Waals surface area contributed by atoms with Gasteiger partial charge in [0.25, 0.3) is 0 Å². The Labute approximate surface area is 236 Å². The van der Waals surface area contributed by atoms with E-state index in [4.69, 9.17) is 21.1 Å². The molecule has 0 aromatic heterocycles. The predicted molar refractivity (Wildman–Crippen MR) is 149 cm³/mol. The predicted octanol–water partition coefficient (Wildman–Crippen LogP) is 7.05. The summed E-state index contributed by atoms with van der Waals surface area (Å²) in [5.74, 6) is -0.862. The van der Waals surface area contributed by atoms with E-state index in [0.717, 1.165) is 43.4 Å². The minimum Gasteiger partial charge on any atom is -0.503 e. The number of nitrogens with one attached hydrogen (secondary N) is 1. The maximum Gasteiger partial charge on any atom is 0.337 e. The molecule has 2 aliphatic carbocycles. The van der Waals surface area contributed by atoms with E-state index >= 15 is 0 Å². The molecule has 1 fully saturated rings. The Hall–Kier alpha value is -2.77. The van der Waals surface area contributed by atoms with Gasteiger partial charge in [0, 0.05) is 34.3 Å². The largest absolute Gasteiger partial charge is 0.503 e. The molecule has 0 unspecified atom stereocenters. The van der Waals surface area contributed by atoms with Crippen LogP contribution in [0.1, 0.15) is 74.8 Å². The average Bonchev–Trinajstić information content (AvgIpc) is 2.90. The van der Waals surface area contributed by atoms with Crippen molar-refractivity contribution in [1.82, 2.24) is 5.32 Å². The summed E-state index contributed by atoms with van der Waals surface area (Å²) in [6.45, 7) is 1.86. The number of phenols is 1. The normalized spacial score (nSPS) is 22.2. The molecule has 0 amide bonds. The zero-order valence-electron chi connectivity index (χ0n) is 21.5. The van der Waals surface area contributed by atoms with Crippen LogP contribution in [0.15, 0.2) is 63.4 Å². The van der Waals surface area contributed by atoms with E-state index in [-0.39, 0.29) is 29.3 Å². The van der Waals surface area contributed by atoms with Crippen LogP contribution >= 0.6 is 27.5 Å². The molecule has 0 spiro atoms. The summed E-state index contributed by atoms with van der Waals surface area (Å²) in [4.78, 5) is 27.5. The fraction of sp³-hybridized carbons (Fsp3) is 0.400. The summed E-state index contributed by atoms with van der Waals surface area (Å²) >= 11 is 9.51. The standard InChI is InChI=1S/C30H31BrClNO5/c1-16-26(30(36)38-21-6-4-3-5-7-21)27(19-12-22(31)29(35)25(15-19)37-2)28-23(33-16)13-18(14-24(28)34)17-8-10-20(32)11-9-17/h8-12,15,18,21,27,33,35H,3-7,13-14H2,1-2H3/t18-,27+/m0/s1. The Kier molecular flexibility index (Phi) is 7.87. The maximum atomic E-state index is 13.8. The zero-order chi connectivity index (χ0) is 27.0. The number of methoxy groups -OCH3 is 1. The average molecular weight is 601 g/mol. The lowest BCUT2D eigenvalue weighted by Gasteiger charge is -2.37. The monoisotopic (exact) mass is 599 g/mol. The van der Waals surface area contributed by atoms with Crippen LogP contribution in [0.4, 0.5) is 0 Å². The molecule has 8 heteroatoms. The summed E-state index contributed by atoms with van der Waals surface area (Å²) in [5.41, 5.74) is 4.19. The highest BCUT2D eigenvalue weighted by atomic mass is 79.9. The lowest BCUT2D eigenvalue weighted by molar-refractivity contribution is -0.146. The second-order valence-electron chi connectivity index (χ2n) is 10.3. The summed E-state index contributed by atoms with van der Waals surface area (Å²) in [6.07, 6.45) is 5.76. The number of dihydropyridines is 1. The molecule has 5 rings (SSSR count). The zero-order valence-corrected chi connectivity index (χ0v) is 23.8. The van der Waals surface area contributed by atoms with Crippen molar-refractivity contribution in [2.24, 2.45) is 0 Å². The first-order valence-corrected chi connectivity index (χ1v) is 14.2. The number of ketones is 1. The highest BCUT2D eigenvalue weighted by Crippen LogP contribution is 2.48. The third-order valence-corrected chi connectivity index (χ3v) is 8.68. The van der Waals surface area contributed by atoms with E-state index in [0.29, 0.717) is 44.7 Å². The third kappa shape index (κ3) is 5.23. The van der Waals surface area contributed by atoms with E-state index < -0.39 is 11.9 Å². The highest BCUT2D eigenvalue weighted by Gasteiger charge is 2.42. The van der Waals surface area contributed by atoms with Crippen LogP contribution in [0.25, 0.3) is 0 Å². The van der Waals surface area contributed by atoms with Crippen molar-refractivity contribution >= 4 is 39.3 Å². The number of esters is 1. The molecule has 3 aliphatic rings. The van der Waals surface area contributed by atoms with Crippen LogP contribution in [-0.2, 0) is 14.3 Å². The van der Waals surface area contributed by atoms with Crippen molar-refractivity contribution in [2.45, 2.75) is 69.8 Å². The van der Waals surface area contributed by atoms with Crippen molar-refractivity contribution in [3.8, 4) is 11.5 Å². The number of hydrogen-bond acceptors (Lipinski definition) is 6. The molecule has 38 heavy (non-hydrogen) atoms. The van der Waals surface area contributed by atoms with Crippen LogP contribution in [0, 0.1) is 0 Å². The van der Waals surface area contributed by atoms with Crippen LogP contribution in [0.3, 0.4) is 0 Å². The van der Waals surface area contributed by atoms with Crippen LogP contribution in [0.5, 0.6) is 11.5 Å². The second-order valence-corrected chi connectivity index (χ2v) is 11.6. The first kappa shape index (κ1) is 26.8. The number of allylic oxidation sites excluding steroid dienone is 3. The fourth-order valence-electron chi connectivity index (χ4n) is 5.93. The Morgan fingerprint density at radius 1 is 1.08 bits per heavy atom. The molecule has 6 nitrogen and oxygen atoms in total. The van der Waals surface area contributed by atoms with E-state index in [1.165, 1.54) is 7.11 Å². The van der Waals surface area contributed by atoms with Crippen molar-refractivity contribution in [1.29, 1.82) is 0 Å². The number of halogens is 2. The summed E-state index contributed by atoms with van der Waals surface area (Å²) in [7, 11) is 1.47.